The van der Waals surface area contributed by atoms with E-state index in [4.69, 9.17) is 0 Å². The van der Waals surface area contributed by atoms with Crippen molar-refractivity contribution in [2.75, 3.05) is 25.1 Å². The average Bonchev–Trinajstić information content (AvgIpc) is 2.14. The first-order valence-electron chi connectivity index (χ1n) is 5.05. The highest BCUT2D eigenvalue weighted by atomic mass is 32.2. The molecule has 84 valence electrons. The smallest absolute Gasteiger partial charge is 0.147 e. The van der Waals surface area contributed by atoms with Crippen LogP contribution < -0.4 is 5.32 Å². The minimum absolute atomic E-state index is 0.0880. The molecule has 1 heterocycles. The van der Waals surface area contributed by atoms with Gasteiger partial charge in [0.05, 0.1) is 11.9 Å². The highest BCUT2D eigenvalue weighted by Crippen LogP contribution is 2.16. The fourth-order valence-corrected chi connectivity index (χ4v) is 2.45. The Bertz CT molecular complexity index is 257. The first-order chi connectivity index (χ1) is 6.49. The second kappa shape index (κ2) is 5.09. The van der Waals surface area contributed by atoms with E-state index in [1.165, 1.54) is 6.26 Å². The van der Waals surface area contributed by atoms with E-state index in [0.29, 0.717) is 6.42 Å². The van der Waals surface area contributed by atoms with E-state index < -0.39 is 15.9 Å². The van der Waals surface area contributed by atoms with Crippen molar-refractivity contribution >= 4 is 9.84 Å². The zero-order valence-electron chi connectivity index (χ0n) is 8.57. The Hall–Kier alpha value is -0.130. The number of sulfone groups is 1. The van der Waals surface area contributed by atoms with Crippen molar-refractivity contribution in [1.82, 2.24) is 5.32 Å². The largest absolute Gasteiger partial charge is 0.393 e. The van der Waals surface area contributed by atoms with Gasteiger partial charge in [0.2, 0.25) is 0 Å². The molecule has 1 aliphatic heterocycles. The second-order valence-corrected chi connectivity index (χ2v) is 6.35. The van der Waals surface area contributed by atoms with Crippen LogP contribution in [0, 0.1) is 5.92 Å². The normalized spacial score (nSPS) is 26.0. The number of aliphatic hydroxyl groups is 1. The third-order valence-corrected chi connectivity index (χ3v) is 3.64. The molecule has 1 fully saturated rings. The van der Waals surface area contributed by atoms with E-state index in [2.05, 4.69) is 5.32 Å². The molecule has 5 heteroatoms. The van der Waals surface area contributed by atoms with Gasteiger partial charge in [-0.15, -0.1) is 0 Å². The van der Waals surface area contributed by atoms with Crippen molar-refractivity contribution < 1.29 is 13.5 Å². The van der Waals surface area contributed by atoms with Gasteiger partial charge in [0.1, 0.15) is 9.84 Å². The number of rotatable bonds is 4. The zero-order valence-corrected chi connectivity index (χ0v) is 9.39. The Labute approximate surface area is 85.6 Å². The van der Waals surface area contributed by atoms with Gasteiger partial charge in [-0.1, -0.05) is 0 Å². The van der Waals surface area contributed by atoms with Crippen molar-refractivity contribution in [2.45, 2.75) is 25.4 Å². The fraction of sp³-hybridized carbons (Fsp3) is 1.00. The molecule has 0 saturated carbocycles. The zero-order chi connectivity index (χ0) is 10.6. The lowest BCUT2D eigenvalue weighted by Gasteiger charge is -2.27. The third kappa shape index (κ3) is 4.39. The highest BCUT2D eigenvalue weighted by molar-refractivity contribution is 7.90. The Morgan fingerprint density at radius 2 is 2.29 bits per heavy atom. The Morgan fingerprint density at radius 1 is 1.57 bits per heavy atom. The first-order valence-corrected chi connectivity index (χ1v) is 7.11. The summed E-state index contributed by atoms with van der Waals surface area (Å²) in [5.74, 6) is 0.315. The van der Waals surface area contributed by atoms with E-state index in [0.717, 1.165) is 25.9 Å². The monoisotopic (exact) mass is 221 g/mol. The van der Waals surface area contributed by atoms with Gasteiger partial charge in [0.15, 0.2) is 0 Å². The number of hydrogen-bond donors (Lipinski definition) is 2. The Morgan fingerprint density at radius 3 is 2.79 bits per heavy atom. The molecular weight excluding hydrogens is 202 g/mol. The second-order valence-electron chi connectivity index (χ2n) is 4.09. The number of nitrogens with one attached hydrogen (secondary N) is 1. The number of piperidine rings is 1. The van der Waals surface area contributed by atoms with Crippen molar-refractivity contribution in [3.63, 3.8) is 0 Å². The summed E-state index contributed by atoms with van der Waals surface area (Å²) in [4.78, 5) is 0. The summed E-state index contributed by atoms with van der Waals surface area (Å²) < 4.78 is 21.8. The molecule has 0 aromatic carbocycles. The third-order valence-electron chi connectivity index (χ3n) is 2.66. The van der Waals surface area contributed by atoms with E-state index in [1.54, 1.807) is 0 Å². The molecule has 0 radical (unpaired) electrons. The van der Waals surface area contributed by atoms with Crippen molar-refractivity contribution in [3.8, 4) is 0 Å². The Kier molecular flexibility index (Phi) is 4.34. The van der Waals surface area contributed by atoms with Gasteiger partial charge in [-0.05, 0) is 31.7 Å². The van der Waals surface area contributed by atoms with E-state index in [9.17, 15) is 13.5 Å². The molecule has 1 saturated heterocycles. The molecule has 0 spiro atoms. The molecule has 4 nitrogen and oxygen atoms in total. The van der Waals surface area contributed by atoms with Gasteiger partial charge in [-0.2, -0.15) is 0 Å². The van der Waals surface area contributed by atoms with Crippen LogP contribution in [0.15, 0.2) is 0 Å². The SMILES string of the molecule is CS(=O)(=O)CCC(O)C1CCCNC1. The molecule has 0 amide bonds. The van der Waals surface area contributed by atoms with Crippen LogP contribution >= 0.6 is 0 Å². The van der Waals surface area contributed by atoms with Crippen LogP contribution in [0.1, 0.15) is 19.3 Å². The van der Waals surface area contributed by atoms with E-state index >= 15 is 0 Å². The molecular formula is C9H19NO3S. The van der Waals surface area contributed by atoms with Crippen LogP contribution in [-0.4, -0.2) is 44.7 Å². The summed E-state index contributed by atoms with van der Waals surface area (Å²) in [5, 5.41) is 12.9. The van der Waals surface area contributed by atoms with Crippen molar-refractivity contribution in [3.05, 3.63) is 0 Å². The maximum absolute atomic E-state index is 10.9. The summed E-state index contributed by atoms with van der Waals surface area (Å²) in [5.41, 5.74) is 0. The molecule has 2 atom stereocenters. The van der Waals surface area contributed by atoms with Gasteiger partial charge < -0.3 is 10.4 Å². The van der Waals surface area contributed by atoms with Crippen LogP contribution in [-0.2, 0) is 9.84 Å². The highest BCUT2D eigenvalue weighted by Gasteiger charge is 2.22. The predicted molar refractivity (Wildman–Crippen MR) is 55.9 cm³/mol. The Balaban J connectivity index is 2.30. The van der Waals surface area contributed by atoms with Crippen LogP contribution in [0.3, 0.4) is 0 Å². The molecule has 1 aliphatic rings. The molecule has 14 heavy (non-hydrogen) atoms. The fourth-order valence-electron chi connectivity index (χ4n) is 1.78. The lowest BCUT2D eigenvalue weighted by atomic mass is 9.92. The van der Waals surface area contributed by atoms with Crippen LogP contribution in [0.5, 0.6) is 0 Å². The maximum atomic E-state index is 10.9. The lowest BCUT2D eigenvalue weighted by molar-refractivity contribution is 0.0892. The van der Waals surface area contributed by atoms with Crippen LogP contribution in [0.4, 0.5) is 0 Å². The summed E-state index contributed by atoms with van der Waals surface area (Å²) in [6, 6.07) is 0. The predicted octanol–water partition coefficient (Wildman–Crippen LogP) is -0.218. The molecule has 0 aromatic rings. The van der Waals surface area contributed by atoms with Crippen LogP contribution in [0.25, 0.3) is 0 Å². The average molecular weight is 221 g/mol. The number of aliphatic hydroxyl groups excluding tert-OH is 1. The van der Waals surface area contributed by atoms with Crippen molar-refractivity contribution in [1.29, 1.82) is 0 Å². The minimum atomic E-state index is -2.94. The topological polar surface area (TPSA) is 66.4 Å². The van der Waals surface area contributed by atoms with Crippen LogP contribution in [0.2, 0.25) is 0 Å². The molecule has 0 aromatic heterocycles. The van der Waals surface area contributed by atoms with Gasteiger partial charge in [-0.25, -0.2) is 8.42 Å². The van der Waals surface area contributed by atoms with Gasteiger partial charge >= 0.3 is 0 Å². The quantitative estimate of drug-likeness (QED) is 0.689. The molecule has 0 bridgehead atoms. The molecule has 1 rings (SSSR count). The number of hydrogen-bond acceptors (Lipinski definition) is 4. The van der Waals surface area contributed by atoms with Crippen molar-refractivity contribution in [2.24, 2.45) is 5.92 Å². The van der Waals surface area contributed by atoms with Gasteiger partial charge in [-0.3, -0.25) is 0 Å². The molecule has 0 aliphatic carbocycles. The van der Waals surface area contributed by atoms with Gasteiger partial charge in [0, 0.05) is 12.8 Å². The summed E-state index contributed by atoms with van der Waals surface area (Å²) in [7, 11) is -2.94. The van der Waals surface area contributed by atoms with Gasteiger partial charge in [0.25, 0.3) is 0 Å². The maximum Gasteiger partial charge on any atom is 0.147 e. The summed E-state index contributed by atoms with van der Waals surface area (Å²) in [6.45, 7) is 1.82. The van der Waals surface area contributed by atoms with E-state index in [-0.39, 0.29) is 11.7 Å². The molecule has 2 unspecified atom stereocenters. The molecule has 2 N–H and O–H groups in total. The lowest BCUT2D eigenvalue weighted by Crippen LogP contribution is -2.37. The minimum Gasteiger partial charge on any atom is -0.393 e. The summed E-state index contributed by atoms with van der Waals surface area (Å²) >= 11 is 0. The summed E-state index contributed by atoms with van der Waals surface area (Å²) in [6.07, 6.45) is 3.17. The van der Waals surface area contributed by atoms with E-state index in [1.807, 2.05) is 0 Å². The standard InChI is InChI=1S/C9H19NO3S/c1-14(12,13)6-4-9(11)8-3-2-5-10-7-8/h8-11H,2-7H2,1H3. The first kappa shape index (κ1) is 11.9.